The van der Waals surface area contributed by atoms with Crippen molar-refractivity contribution < 1.29 is 23.5 Å². The van der Waals surface area contributed by atoms with Crippen LogP contribution >= 0.6 is 0 Å². The number of guanidine groups is 1. The van der Waals surface area contributed by atoms with Crippen LogP contribution in [0.25, 0.3) is 0 Å². The maximum atomic E-state index is 13.9. The minimum atomic E-state index is -0.539. The van der Waals surface area contributed by atoms with Gasteiger partial charge < -0.3 is 20.5 Å². The first kappa shape index (κ1) is 24.4. The van der Waals surface area contributed by atoms with E-state index in [1.54, 1.807) is 18.1 Å². The fourth-order valence-corrected chi connectivity index (χ4v) is 5.29. The molecule has 3 N–H and O–H groups in total. The number of hydrogen-bond acceptors (Lipinski definition) is 6. The third-order valence-electron chi connectivity index (χ3n) is 6.88. The van der Waals surface area contributed by atoms with E-state index in [2.05, 4.69) is 10.3 Å². The summed E-state index contributed by atoms with van der Waals surface area (Å²) in [6.45, 7) is 8.09. The fourth-order valence-electron chi connectivity index (χ4n) is 5.29. The molecule has 9 heteroatoms. The maximum Gasteiger partial charge on any atom is 0.231 e. The summed E-state index contributed by atoms with van der Waals surface area (Å²) < 4.78 is 25.2. The molecule has 2 heterocycles. The van der Waals surface area contributed by atoms with Crippen LogP contribution in [0.5, 0.6) is 5.75 Å². The molecule has 1 fully saturated rings. The Morgan fingerprint density at radius 1 is 1.38 bits per heavy atom. The fraction of sp³-hybridized carbons (Fsp3) is 0.640. The summed E-state index contributed by atoms with van der Waals surface area (Å²) in [5.41, 5.74) is 5.82. The van der Waals surface area contributed by atoms with Gasteiger partial charge in [0.25, 0.3) is 0 Å². The van der Waals surface area contributed by atoms with Crippen LogP contribution in [-0.2, 0) is 14.3 Å². The number of benzene rings is 1. The third-order valence-corrected chi connectivity index (χ3v) is 6.88. The molecule has 34 heavy (non-hydrogen) atoms. The largest absolute Gasteiger partial charge is 0.487 e. The smallest absolute Gasteiger partial charge is 0.231 e. The number of hydrogen-bond donors (Lipinski definition) is 2. The molecule has 1 aromatic carbocycles. The Morgan fingerprint density at radius 2 is 2.12 bits per heavy atom. The molecule has 0 saturated heterocycles. The molecule has 2 amide bonds. The number of amides is 2. The summed E-state index contributed by atoms with van der Waals surface area (Å²) in [5.74, 6) is -0.0885. The maximum absolute atomic E-state index is 13.9. The van der Waals surface area contributed by atoms with E-state index in [0.717, 1.165) is 0 Å². The van der Waals surface area contributed by atoms with Gasteiger partial charge in [-0.1, -0.05) is 0 Å². The molecule has 8 nitrogen and oxygen atoms in total. The Hall–Kier alpha value is -2.68. The first-order valence-electron chi connectivity index (χ1n) is 11.9. The molecule has 1 saturated carbocycles. The van der Waals surface area contributed by atoms with E-state index in [4.69, 9.17) is 15.2 Å². The quantitative estimate of drug-likeness (QED) is 0.632. The molecule has 0 unspecified atom stereocenters. The lowest BCUT2D eigenvalue weighted by atomic mass is 9.89. The minimum Gasteiger partial charge on any atom is -0.487 e. The second-order valence-corrected chi connectivity index (χ2v) is 10.9. The molecule has 2 aliphatic heterocycles. The molecule has 4 atom stereocenters. The van der Waals surface area contributed by atoms with Crippen molar-refractivity contribution >= 4 is 17.8 Å². The van der Waals surface area contributed by atoms with Gasteiger partial charge >= 0.3 is 0 Å². The number of fused-ring (bicyclic) bond motifs is 1. The topological polar surface area (TPSA) is 106 Å². The summed E-state index contributed by atoms with van der Waals surface area (Å²) in [4.78, 5) is 32.3. The molecule has 0 aromatic heterocycles. The lowest BCUT2D eigenvalue weighted by molar-refractivity contribution is -0.132. The van der Waals surface area contributed by atoms with Gasteiger partial charge in [-0.25, -0.2) is 9.38 Å². The Balaban J connectivity index is 1.51. The molecular weight excluding hydrogens is 439 g/mol. The lowest BCUT2D eigenvalue weighted by Crippen LogP contribution is -2.55. The molecule has 0 radical (unpaired) electrons. The zero-order valence-electron chi connectivity index (χ0n) is 20.6. The Morgan fingerprint density at radius 3 is 2.79 bits per heavy atom. The normalized spacial score (nSPS) is 27.8. The van der Waals surface area contributed by atoms with Crippen LogP contribution < -0.4 is 15.8 Å². The van der Waals surface area contributed by atoms with Crippen LogP contribution in [0.2, 0.25) is 0 Å². The SMILES string of the molecule is COCC[C@H]([C@@H]1C[C@H]1C(=O)N[C@@H]1CC(C)(C)Oc2ccc(F)cc21)N1C(=O)CC(C)(C)N=C1N. The van der Waals surface area contributed by atoms with Crippen molar-refractivity contribution in [3.63, 3.8) is 0 Å². The number of nitrogens with zero attached hydrogens (tertiary/aromatic N) is 2. The monoisotopic (exact) mass is 474 g/mol. The van der Waals surface area contributed by atoms with Crippen LogP contribution in [0.1, 0.15) is 65.0 Å². The molecule has 0 spiro atoms. The van der Waals surface area contributed by atoms with Gasteiger partial charge in [0, 0.05) is 37.7 Å². The number of carbonyl (C=O) groups excluding carboxylic acids is 2. The van der Waals surface area contributed by atoms with Crippen molar-refractivity contribution in [2.45, 2.75) is 76.6 Å². The number of ether oxygens (including phenoxy) is 2. The molecule has 0 bridgehead atoms. The summed E-state index contributed by atoms with van der Waals surface area (Å²) in [7, 11) is 1.61. The van der Waals surface area contributed by atoms with Crippen LogP contribution in [0.15, 0.2) is 23.2 Å². The predicted octanol–water partition coefficient (Wildman–Crippen LogP) is 2.91. The van der Waals surface area contributed by atoms with Crippen molar-refractivity contribution in [2.24, 2.45) is 22.6 Å². The molecular formula is C25H35FN4O4. The first-order chi connectivity index (χ1) is 15.9. The summed E-state index contributed by atoms with van der Waals surface area (Å²) in [5, 5.41) is 3.12. The van der Waals surface area contributed by atoms with Crippen molar-refractivity contribution in [1.29, 1.82) is 0 Å². The molecule has 1 aromatic rings. The van der Waals surface area contributed by atoms with Gasteiger partial charge in [0.1, 0.15) is 17.2 Å². The van der Waals surface area contributed by atoms with E-state index in [1.807, 2.05) is 27.7 Å². The Labute approximate surface area is 200 Å². The van der Waals surface area contributed by atoms with Crippen molar-refractivity contribution in [3.8, 4) is 5.75 Å². The van der Waals surface area contributed by atoms with Gasteiger partial charge in [0.2, 0.25) is 11.8 Å². The zero-order chi connectivity index (χ0) is 24.8. The Bertz CT molecular complexity index is 1010. The van der Waals surface area contributed by atoms with Gasteiger partial charge in [-0.3, -0.25) is 14.5 Å². The zero-order valence-corrected chi connectivity index (χ0v) is 20.6. The van der Waals surface area contributed by atoms with Crippen LogP contribution in [0.3, 0.4) is 0 Å². The Kier molecular flexibility index (Phi) is 6.35. The highest BCUT2D eigenvalue weighted by molar-refractivity contribution is 5.99. The van der Waals surface area contributed by atoms with Gasteiger partial charge in [0.15, 0.2) is 5.96 Å². The van der Waals surface area contributed by atoms with Crippen molar-refractivity contribution in [2.75, 3.05) is 13.7 Å². The summed E-state index contributed by atoms with van der Waals surface area (Å²) in [6, 6.07) is 3.77. The van der Waals surface area contributed by atoms with E-state index in [0.29, 0.717) is 37.2 Å². The van der Waals surface area contributed by atoms with Crippen LogP contribution in [0, 0.1) is 17.7 Å². The third kappa shape index (κ3) is 5.04. The van der Waals surface area contributed by atoms with E-state index >= 15 is 0 Å². The lowest BCUT2D eigenvalue weighted by Gasteiger charge is -2.38. The highest BCUT2D eigenvalue weighted by Crippen LogP contribution is 2.47. The van der Waals surface area contributed by atoms with E-state index < -0.39 is 11.1 Å². The van der Waals surface area contributed by atoms with Crippen LogP contribution in [-0.4, -0.2) is 53.6 Å². The summed E-state index contributed by atoms with van der Waals surface area (Å²) >= 11 is 0. The number of nitrogens with two attached hydrogens (primary N) is 1. The average Bonchev–Trinajstić information content (AvgIpc) is 3.50. The highest BCUT2D eigenvalue weighted by Gasteiger charge is 2.52. The standard InChI is InChI=1S/C25H35FN4O4/c1-24(2)13-21(31)30(23(27)29-24)19(8-9-33-5)15-11-16(15)22(32)28-18-12-25(3,4)34-20-7-6-14(26)10-17(18)20/h6-7,10,15-16,18-19H,8-9,11-13H2,1-5H3,(H2,27,29)(H,28,32)/t15-,16-,18-,19-/m1/s1. The molecule has 1 aliphatic carbocycles. The number of carbonyl (C=O) groups is 2. The highest BCUT2D eigenvalue weighted by atomic mass is 19.1. The van der Waals surface area contributed by atoms with E-state index in [9.17, 15) is 14.0 Å². The van der Waals surface area contributed by atoms with Gasteiger partial charge in [-0.05, 0) is 64.7 Å². The van der Waals surface area contributed by atoms with Gasteiger partial charge in [-0.2, -0.15) is 0 Å². The van der Waals surface area contributed by atoms with Gasteiger partial charge in [-0.15, -0.1) is 0 Å². The number of nitrogens with one attached hydrogen (secondary N) is 1. The van der Waals surface area contributed by atoms with Gasteiger partial charge in [0.05, 0.1) is 18.0 Å². The number of halogens is 1. The first-order valence-corrected chi connectivity index (χ1v) is 11.9. The average molecular weight is 475 g/mol. The molecule has 4 rings (SSSR count). The predicted molar refractivity (Wildman–Crippen MR) is 126 cm³/mol. The van der Waals surface area contributed by atoms with E-state index in [-0.39, 0.29) is 53.9 Å². The van der Waals surface area contributed by atoms with Crippen molar-refractivity contribution in [1.82, 2.24) is 10.2 Å². The molecule has 186 valence electrons. The second kappa shape index (κ2) is 8.83. The summed E-state index contributed by atoms with van der Waals surface area (Å²) in [6.07, 6.45) is 1.99. The second-order valence-electron chi connectivity index (χ2n) is 10.9. The molecule has 3 aliphatic rings. The number of methoxy groups -OCH3 is 1. The van der Waals surface area contributed by atoms with Crippen LogP contribution in [0.4, 0.5) is 4.39 Å². The van der Waals surface area contributed by atoms with E-state index in [1.165, 1.54) is 12.1 Å². The number of aliphatic imine (C=N–C) groups is 1. The minimum absolute atomic E-state index is 0.0473. The number of rotatable bonds is 7. The van der Waals surface area contributed by atoms with Crippen molar-refractivity contribution in [3.05, 3.63) is 29.6 Å².